The van der Waals surface area contributed by atoms with Crippen LogP contribution in [0.15, 0.2) is 66.9 Å². The van der Waals surface area contributed by atoms with Crippen molar-refractivity contribution in [1.29, 1.82) is 0 Å². The van der Waals surface area contributed by atoms with Gasteiger partial charge >= 0.3 is 6.18 Å². The summed E-state index contributed by atoms with van der Waals surface area (Å²) in [4.78, 5) is 32.5. The van der Waals surface area contributed by atoms with Gasteiger partial charge in [-0.2, -0.15) is 23.1 Å². The quantitative estimate of drug-likeness (QED) is 0.179. The second-order valence-corrected chi connectivity index (χ2v) is 11.5. The van der Waals surface area contributed by atoms with E-state index in [9.17, 15) is 22.8 Å². The van der Waals surface area contributed by atoms with Crippen LogP contribution < -0.4 is 10.6 Å². The number of hydrogen-bond acceptors (Lipinski definition) is 7. The number of halogens is 5. The molecule has 0 saturated carbocycles. The van der Waals surface area contributed by atoms with E-state index in [1.807, 2.05) is 36.4 Å². The molecule has 0 unspecified atom stereocenters. The number of pyridine rings is 1. The number of anilines is 1. The predicted molar refractivity (Wildman–Crippen MR) is 167 cm³/mol. The molecule has 0 aliphatic carbocycles. The fourth-order valence-corrected chi connectivity index (χ4v) is 5.32. The first-order valence-electron chi connectivity index (χ1n) is 13.4. The molecule has 3 heterocycles. The van der Waals surface area contributed by atoms with Gasteiger partial charge in [-0.1, -0.05) is 41.9 Å². The summed E-state index contributed by atoms with van der Waals surface area (Å²) < 4.78 is 39.9. The largest absolute Gasteiger partial charge is 0.389 e. The van der Waals surface area contributed by atoms with E-state index in [4.69, 9.17) is 11.6 Å². The fourth-order valence-electron chi connectivity index (χ4n) is 4.34. The lowest BCUT2D eigenvalue weighted by Crippen LogP contribution is -2.26. The van der Waals surface area contributed by atoms with Gasteiger partial charge < -0.3 is 10.6 Å². The molecule has 5 rings (SSSR count). The molecule has 0 radical (unpaired) electrons. The maximum Gasteiger partial charge on any atom is 0.389 e. The molecule has 232 valence electrons. The summed E-state index contributed by atoms with van der Waals surface area (Å²) >= 11 is 8.50. The lowest BCUT2D eigenvalue weighted by Gasteiger charge is -2.15. The zero-order valence-electron chi connectivity index (χ0n) is 23.5. The van der Waals surface area contributed by atoms with E-state index >= 15 is 0 Å². The predicted octanol–water partition coefficient (Wildman–Crippen LogP) is 5.55. The Labute approximate surface area is 273 Å². The van der Waals surface area contributed by atoms with Gasteiger partial charge in [0.2, 0.25) is 0 Å². The van der Waals surface area contributed by atoms with Gasteiger partial charge in [0, 0.05) is 22.7 Å². The normalized spacial score (nSPS) is 11.4. The van der Waals surface area contributed by atoms with Crippen LogP contribution in [-0.2, 0) is 19.5 Å². The van der Waals surface area contributed by atoms with Gasteiger partial charge in [-0.25, -0.2) is 9.67 Å². The zero-order valence-corrected chi connectivity index (χ0v) is 26.4. The summed E-state index contributed by atoms with van der Waals surface area (Å²) in [5.41, 5.74) is 2.44. The smallest absolute Gasteiger partial charge is 0.348 e. The van der Waals surface area contributed by atoms with Crippen LogP contribution in [-0.4, -0.2) is 53.0 Å². The molecule has 16 heteroatoms. The number of nitrogens with zero attached hydrogens (tertiary/aromatic N) is 7. The van der Waals surface area contributed by atoms with Crippen LogP contribution in [0, 0.1) is 10.5 Å². The molecule has 2 N–H and O–H groups in total. The zero-order chi connectivity index (χ0) is 32.1. The minimum Gasteiger partial charge on any atom is -0.348 e. The number of aromatic nitrogens is 7. The lowest BCUT2D eigenvalue weighted by atomic mass is 10.1. The molecule has 2 aromatic carbocycles. The number of amides is 2. The average Bonchev–Trinajstić information content (AvgIpc) is 3.63. The number of hydrogen-bond donors (Lipinski definition) is 2. The van der Waals surface area contributed by atoms with Crippen molar-refractivity contribution >= 4 is 51.7 Å². The molecule has 2 amide bonds. The molecule has 3 aromatic heterocycles. The highest BCUT2D eigenvalue weighted by atomic mass is 127. The van der Waals surface area contributed by atoms with Gasteiger partial charge in [-0.3, -0.25) is 9.59 Å². The van der Waals surface area contributed by atoms with Gasteiger partial charge in [0.15, 0.2) is 11.6 Å². The van der Waals surface area contributed by atoms with Crippen LogP contribution >= 0.6 is 34.2 Å². The molecular formula is C29H24ClF3IN9O2. The number of alkyl halides is 3. The average molecular weight is 750 g/mol. The Hall–Kier alpha value is -4.38. The topological polar surface area (TPSA) is 133 Å². The standard InChI is InChI=1S/C29H24ClF3IN9O2/c1-17-12-19(34)13-21(27(44)36-15-18-6-3-2-4-7-18)25(17)37-28(45)23-14-20(39-43(23)26-22(30)8-5-11-35-26)16-42-40-24(38-41-42)9-10-29(31,32)33/h2-8,11-14H,9-10,15-16H2,1H3,(H,36,44)(H,37,45). The first-order chi connectivity index (χ1) is 21.5. The summed E-state index contributed by atoms with van der Waals surface area (Å²) in [6.45, 7) is 1.96. The summed E-state index contributed by atoms with van der Waals surface area (Å²) in [6.07, 6.45) is -4.38. The fraction of sp³-hybridized carbons (Fsp3) is 0.207. The van der Waals surface area contributed by atoms with Crippen molar-refractivity contribution in [2.24, 2.45) is 0 Å². The molecule has 0 aliphatic rings. The van der Waals surface area contributed by atoms with Crippen molar-refractivity contribution in [3.63, 3.8) is 0 Å². The van der Waals surface area contributed by atoms with Crippen LogP contribution in [0.4, 0.5) is 18.9 Å². The first kappa shape index (κ1) is 32.0. The number of carbonyl (C=O) groups excluding carboxylic acids is 2. The summed E-state index contributed by atoms with van der Waals surface area (Å²) in [6, 6.07) is 17.6. The van der Waals surface area contributed by atoms with Crippen molar-refractivity contribution in [3.05, 3.63) is 109 Å². The molecule has 45 heavy (non-hydrogen) atoms. The molecule has 0 bridgehead atoms. The van der Waals surface area contributed by atoms with Gasteiger partial charge in [0.05, 0.1) is 28.4 Å². The van der Waals surface area contributed by atoms with Crippen LogP contribution in [0.5, 0.6) is 0 Å². The van der Waals surface area contributed by atoms with Crippen LogP contribution in [0.3, 0.4) is 0 Å². The Balaban J connectivity index is 1.43. The van der Waals surface area contributed by atoms with E-state index in [-0.39, 0.29) is 46.1 Å². The Morgan fingerprint density at radius 3 is 2.53 bits per heavy atom. The molecule has 0 aliphatic heterocycles. The summed E-state index contributed by atoms with van der Waals surface area (Å²) in [5.74, 6) is -0.913. The molecule has 0 atom stereocenters. The Morgan fingerprint density at radius 1 is 1.02 bits per heavy atom. The number of nitrogens with one attached hydrogen (secondary N) is 2. The highest BCUT2D eigenvalue weighted by Gasteiger charge is 2.28. The molecule has 5 aromatic rings. The SMILES string of the molecule is Cc1cc(I)cc(C(=O)NCc2ccccc2)c1NC(=O)c1cc(Cn2nnc(CCC(F)(F)F)n2)nn1-c1ncccc1Cl. The van der Waals surface area contributed by atoms with Gasteiger partial charge in [-0.15, -0.1) is 10.2 Å². The highest BCUT2D eigenvalue weighted by molar-refractivity contribution is 14.1. The van der Waals surface area contributed by atoms with E-state index < -0.39 is 24.9 Å². The van der Waals surface area contributed by atoms with Crippen LogP contribution in [0.25, 0.3) is 5.82 Å². The number of carbonyl (C=O) groups is 2. The maximum atomic E-state index is 13.8. The lowest BCUT2D eigenvalue weighted by molar-refractivity contribution is -0.134. The maximum absolute atomic E-state index is 13.8. The van der Waals surface area contributed by atoms with Crippen molar-refractivity contribution in [2.45, 2.75) is 39.0 Å². The molecule has 0 spiro atoms. The second-order valence-electron chi connectivity index (χ2n) is 9.86. The van der Waals surface area contributed by atoms with E-state index in [2.05, 4.69) is 58.7 Å². The Morgan fingerprint density at radius 2 is 1.80 bits per heavy atom. The Kier molecular flexibility index (Phi) is 9.77. The van der Waals surface area contributed by atoms with Gasteiger partial charge in [0.1, 0.15) is 12.2 Å². The number of rotatable bonds is 10. The van der Waals surface area contributed by atoms with Crippen molar-refractivity contribution in [1.82, 2.24) is 40.3 Å². The molecule has 0 fully saturated rings. The monoisotopic (exact) mass is 749 g/mol. The minimum absolute atomic E-state index is 0.0246. The third-order valence-corrected chi connectivity index (χ3v) is 7.36. The van der Waals surface area contributed by atoms with Crippen molar-refractivity contribution in [3.8, 4) is 5.82 Å². The first-order valence-corrected chi connectivity index (χ1v) is 14.9. The van der Waals surface area contributed by atoms with Gasteiger partial charge in [0.25, 0.3) is 11.8 Å². The van der Waals surface area contributed by atoms with Crippen LogP contribution in [0.1, 0.15) is 49.9 Å². The third kappa shape index (κ3) is 8.21. The molecule has 11 nitrogen and oxygen atoms in total. The molecular weight excluding hydrogens is 726 g/mol. The molecule has 0 saturated heterocycles. The number of tetrazole rings is 1. The van der Waals surface area contributed by atoms with E-state index in [0.29, 0.717) is 17.8 Å². The van der Waals surface area contributed by atoms with Crippen LogP contribution in [0.2, 0.25) is 5.02 Å². The number of aryl methyl sites for hydroxylation is 2. The Bertz CT molecular complexity index is 1840. The van der Waals surface area contributed by atoms with Gasteiger partial charge in [-0.05, 0) is 76.2 Å². The van der Waals surface area contributed by atoms with Crippen molar-refractivity contribution < 1.29 is 22.8 Å². The summed E-state index contributed by atoms with van der Waals surface area (Å²) in [7, 11) is 0. The summed E-state index contributed by atoms with van der Waals surface area (Å²) in [5, 5.41) is 21.9. The van der Waals surface area contributed by atoms with Crippen molar-refractivity contribution in [2.75, 3.05) is 5.32 Å². The third-order valence-electron chi connectivity index (χ3n) is 6.44. The van der Waals surface area contributed by atoms with E-state index in [1.165, 1.54) is 16.9 Å². The second kappa shape index (κ2) is 13.7. The van der Waals surface area contributed by atoms with E-state index in [1.54, 1.807) is 25.1 Å². The highest BCUT2D eigenvalue weighted by Crippen LogP contribution is 2.27. The van der Waals surface area contributed by atoms with E-state index in [0.717, 1.165) is 13.9 Å². The number of benzene rings is 2. The minimum atomic E-state index is -4.35.